The Labute approximate surface area is 189 Å². The number of hydrogen-bond acceptors (Lipinski definition) is 7. The van der Waals surface area contributed by atoms with Crippen LogP contribution in [0.25, 0.3) is 11.1 Å². The highest BCUT2D eigenvalue weighted by Crippen LogP contribution is 2.29. The zero-order valence-electron chi connectivity index (χ0n) is 17.3. The zero-order valence-corrected chi connectivity index (χ0v) is 18.9. The van der Waals surface area contributed by atoms with E-state index in [9.17, 15) is 18.0 Å². The molecule has 8 nitrogen and oxygen atoms in total. The number of anilines is 1. The Morgan fingerprint density at radius 3 is 2.81 bits per heavy atom. The number of rotatable bonds is 7. The van der Waals surface area contributed by atoms with Gasteiger partial charge in [-0.05, 0) is 72.0 Å². The molecule has 1 fully saturated rings. The van der Waals surface area contributed by atoms with E-state index >= 15 is 0 Å². The van der Waals surface area contributed by atoms with Crippen molar-refractivity contribution in [2.24, 2.45) is 0 Å². The van der Waals surface area contributed by atoms with Gasteiger partial charge in [0, 0.05) is 12.2 Å². The number of esters is 1. The lowest BCUT2D eigenvalue weighted by Crippen LogP contribution is -2.43. The van der Waals surface area contributed by atoms with Crippen molar-refractivity contribution in [3.8, 4) is 11.1 Å². The molecule has 0 radical (unpaired) electrons. The molecular formula is C22H22N2O6S2. The normalized spacial score (nSPS) is 16.7. The minimum atomic E-state index is -4.10. The molecule has 0 spiro atoms. The maximum Gasteiger partial charge on any atom is 0.374 e. The first-order valence-corrected chi connectivity index (χ1v) is 12.5. The van der Waals surface area contributed by atoms with Crippen LogP contribution in [-0.4, -0.2) is 43.8 Å². The third kappa shape index (κ3) is 4.47. The fourth-order valence-corrected chi connectivity index (χ4v) is 5.84. The molecular weight excluding hydrogens is 452 g/mol. The first-order chi connectivity index (χ1) is 15.4. The predicted octanol–water partition coefficient (Wildman–Crippen LogP) is 3.98. The van der Waals surface area contributed by atoms with Crippen molar-refractivity contribution in [2.75, 3.05) is 18.5 Å². The fraction of sp³-hybridized carbons (Fsp3) is 0.273. The van der Waals surface area contributed by atoms with Crippen LogP contribution in [0.4, 0.5) is 5.69 Å². The Hall–Kier alpha value is -2.95. The maximum absolute atomic E-state index is 13.1. The van der Waals surface area contributed by atoms with Crippen molar-refractivity contribution in [2.45, 2.75) is 30.9 Å². The van der Waals surface area contributed by atoms with Crippen molar-refractivity contribution in [3.63, 3.8) is 0 Å². The molecule has 168 valence electrons. The third-order valence-electron chi connectivity index (χ3n) is 5.11. The van der Waals surface area contributed by atoms with Crippen LogP contribution in [0.5, 0.6) is 0 Å². The molecule has 1 aliphatic rings. The van der Waals surface area contributed by atoms with Crippen molar-refractivity contribution in [1.29, 1.82) is 0 Å². The lowest BCUT2D eigenvalue weighted by molar-refractivity contribution is -0.119. The number of carbonyl (C=O) groups is 2. The van der Waals surface area contributed by atoms with Crippen LogP contribution in [0.3, 0.4) is 0 Å². The molecule has 2 aromatic heterocycles. The molecule has 1 atom stereocenters. The van der Waals surface area contributed by atoms with Crippen LogP contribution >= 0.6 is 11.3 Å². The van der Waals surface area contributed by atoms with Gasteiger partial charge in [-0.25, -0.2) is 13.2 Å². The van der Waals surface area contributed by atoms with Crippen LogP contribution in [0.15, 0.2) is 62.7 Å². The largest absolute Gasteiger partial charge is 0.460 e. The van der Waals surface area contributed by atoms with Crippen LogP contribution in [0.2, 0.25) is 0 Å². The topological polar surface area (TPSA) is 106 Å². The number of hydrogen-bond donors (Lipinski definition) is 1. The molecule has 3 aromatic rings. The number of carbonyl (C=O) groups excluding carboxylic acids is 2. The van der Waals surface area contributed by atoms with Crippen LogP contribution in [0.1, 0.15) is 30.3 Å². The number of furan rings is 1. The Bertz CT molecular complexity index is 1220. The van der Waals surface area contributed by atoms with Crippen LogP contribution < -0.4 is 5.32 Å². The SMILES string of the molecule is CCOC(=O)c1ccc(S(=O)(=O)N2CCCC2C(=O)Nc2cccc(-c3ccsc3)c2)o1. The number of nitrogens with zero attached hydrogens (tertiary/aromatic N) is 1. The number of ether oxygens (including phenoxy) is 1. The lowest BCUT2D eigenvalue weighted by Gasteiger charge is -2.22. The summed E-state index contributed by atoms with van der Waals surface area (Å²) in [5.41, 5.74) is 2.60. The zero-order chi connectivity index (χ0) is 22.7. The molecule has 4 rings (SSSR count). The van der Waals surface area contributed by atoms with E-state index in [1.165, 1.54) is 12.1 Å². The van der Waals surface area contributed by atoms with Gasteiger partial charge in [-0.3, -0.25) is 4.79 Å². The Balaban J connectivity index is 1.51. The van der Waals surface area contributed by atoms with E-state index in [0.29, 0.717) is 18.5 Å². The molecule has 0 bridgehead atoms. The highest BCUT2D eigenvalue weighted by Gasteiger charge is 2.41. The van der Waals surface area contributed by atoms with Crippen molar-refractivity contribution >= 4 is 38.9 Å². The van der Waals surface area contributed by atoms with E-state index in [1.807, 2.05) is 35.0 Å². The molecule has 10 heteroatoms. The number of amides is 1. The summed E-state index contributed by atoms with van der Waals surface area (Å²) in [5.74, 6) is -1.35. The summed E-state index contributed by atoms with van der Waals surface area (Å²) in [4.78, 5) is 24.8. The quantitative estimate of drug-likeness (QED) is 0.519. The van der Waals surface area contributed by atoms with Crippen LogP contribution in [0, 0.1) is 0 Å². The summed E-state index contributed by atoms with van der Waals surface area (Å²) < 4.78 is 37.4. The van der Waals surface area contributed by atoms with Gasteiger partial charge in [0.25, 0.3) is 10.0 Å². The van der Waals surface area contributed by atoms with Crippen molar-refractivity contribution in [3.05, 3.63) is 59.0 Å². The predicted molar refractivity (Wildman–Crippen MR) is 120 cm³/mol. The minimum absolute atomic E-state index is 0.142. The summed E-state index contributed by atoms with van der Waals surface area (Å²) in [5, 5.41) is 6.43. The average Bonchev–Trinajstić information content (AvgIpc) is 3.56. The number of benzene rings is 1. The van der Waals surface area contributed by atoms with Gasteiger partial charge < -0.3 is 14.5 Å². The first-order valence-electron chi connectivity index (χ1n) is 10.1. The second-order valence-electron chi connectivity index (χ2n) is 7.20. The molecule has 1 unspecified atom stereocenters. The summed E-state index contributed by atoms with van der Waals surface area (Å²) in [7, 11) is -4.10. The second-order valence-corrected chi connectivity index (χ2v) is 9.80. The van der Waals surface area contributed by atoms with Crippen molar-refractivity contribution < 1.29 is 27.2 Å². The highest BCUT2D eigenvalue weighted by atomic mass is 32.2. The van der Waals surface area contributed by atoms with Gasteiger partial charge in [0.05, 0.1) is 6.61 Å². The Morgan fingerprint density at radius 1 is 1.22 bits per heavy atom. The van der Waals surface area contributed by atoms with Gasteiger partial charge in [-0.1, -0.05) is 12.1 Å². The van der Waals surface area contributed by atoms with E-state index < -0.39 is 27.9 Å². The second kappa shape index (κ2) is 9.27. The molecule has 1 aliphatic heterocycles. The molecule has 0 saturated carbocycles. The van der Waals surface area contributed by atoms with Crippen molar-refractivity contribution in [1.82, 2.24) is 4.31 Å². The van der Waals surface area contributed by atoms with E-state index in [4.69, 9.17) is 9.15 Å². The van der Waals surface area contributed by atoms with Gasteiger partial charge in [0.1, 0.15) is 6.04 Å². The van der Waals surface area contributed by atoms with E-state index in [0.717, 1.165) is 15.4 Å². The smallest absolute Gasteiger partial charge is 0.374 e. The van der Waals surface area contributed by atoms with Gasteiger partial charge >= 0.3 is 5.97 Å². The average molecular weight is 475 g/mol. The van der Waals surface area contributed by atoms with E-state index in [1.54, 1.807) is 24.3 Å². The number of thiophene rings is 1. The van der Waals surface area contributed by atoms with Gasteiger partial charge in [0.2, 0.25) is 16.8 Å². The summed E-state index contributed by atoms with van der Waals surface area (Å²) in [6, 6.07) is 11.0. The fourth-order valence-electron chi connectivity index (χ4n) is 3.61. The Morgan fingerprint density at radius 2 is 2.06 bits per heavy atom. The summed E-state index contributed by atoms with van der Waals surface area (Å²) in [6.45, 7) is 1.97. The summed E-state index contributed by atoms with van der Waals surface area (Å²) >= 11 is 1.58. The van der Waals surface area contributed by atoms with E-state index in [2.05, 4.69) is 5.32 Å². The molecule has 3 heterocycles. The highest BCUT2D eigenvalue weighted by molar-refractivity contribution is 7.89. The monoisotopic (exact) mass is 474 g/mol. The molecule has 1 N–H and O–H groups in total. The first kappa shape index (κ1) is 22.3. The summed E-state index contributed by atoms with van der Waals surface area (Å²) in [6.07, 6.45) is 0.929. The molecule has 0 aliphatic carbocycles. The Kier molecular flexibility index (Phi) is 6.45. The van der Waals surface area contributed by atoms with Gasteiger partial charge in [-0.15, -0.1) is 0 Å². The van der Waals surface area contributed by atoms with Gasteiger partial charge in [0.15, 0.2) is 0 Å². The van der Waals surface area contributed by atoms with E-state index in [-0.39, 0.29) is 24.0 Å². The minimum Gasteiger partial charge on any atom is -0.460 e. The van der Waals surface area contributed by atoms with Crippen LogP contribution in [-0.2, 0) is 19.6 Å². The van der Waals surface area contributed by atoms with Gasteiger partial charge in [-0.2, -0.15) is 15.6 Å². The molecule has 1 amide bonds. The molecule has 1 saturated heterocycles. The maximum atomic E-state index is 13.1. The molecule has 1 aromatic carbocycles. The number of nitrogens with one attached hydrogen (secondary N) is 1. The molecule has 32 heavy (non-hydrogen) atoms. The number of sulfonamides is 1. The standard InChI is InChI=1S/C22H22N2O6S2/c1-2-29-22(26)19-8-9-20(30-19)32(27,28)24-11-4-7-18(24)21(25)23-17-6-3-5-15(13-17)16-10-12-31-14-16/h3,5-6,8-10,12-14,18H,2,4,7,11H2,1H3,(H,23,25). The third-order valence-corrected chi connectivity index (χ3v) is 7.58. The lowest BCUT2D eigenvalue weighted by atomic mass is 10.1.